The van der Waals surface area contributed by atoms with Crippen molar-refractivity contribution >= 4 is 11.8 Å². The Morgan fingerprint density at radius 3 is 3.12 bits per heavy atom. The van der Waals surface area contributed by atoms with Gasteiger partial charge in [-0.05, 0) is 31.4 Å². The minimum Gasteiger partial charge on any atom is -0.330 e. The summed E-state index contributed by atoms with van der Waals surface area (Å²) in [6.45, 7) is 0.974. The van der Waals surface area contributed by atoms with E-state index in [0.29, 0.717) is 11.3 Å². The van der Waals surface area contributed by atoms with Crippen LogP contribution in [0.5, 0.6) is 0 Å². The first-order valence-corrected chi connectivity index (χ1v) is 7.31. The average Bonchev–Trinajstić information content (AvgIpc) is 2.73. The molecule has 88 valence electrons. The Morgan fingerprint density at radius 2 is 2.31 bits per heavy atom. The van der Waals surface area contributed by atoms with Crippen molar-refractivity contribution in [3.8, 4) is 0 Å². The molecule has 0 saturated carbocycles. The van der Waals surface area contributed by atoms with Gasteiger partial charge in [-0.15, -0.1) is 0 Å². The molecule has 0 spiro atoms. The Labute approximate surface area is 101 Å². The molecule has 0 radical (unpaired) electrons. The minimum absolute atomic E-state index is 0.328. The predicted molar refractivity (Wildman–Crippen MR) is 67.6 cm³/mol. The van der Waals surface area contributed by atoms with Crippen LogP contribution in [0.3, 0.4) is 0 Å². The number of rotatable bonds is 1. The van der Waals surface area contributed by atoms with Gasteiger partial charge in [-0.3, -0.25) is 0 Å². The topological polar surface area (TPSA) is 43.8 Å². The fraction of sp³-hybridized carbons (Fsp3) is 0.750. The fourth-order valence-corrected chi connectivity index (χ4v) is 4.02. The molecule has 2 aliphatic heterocycles. The van der Waals surface area contributed by atoms with E-state index in [9.17, 15) is 0 Å². The lowest BCUT2D eigenvalue weighted by atomic mass is 10.1. The Balaban J connectivity index is 1.86. The van der Waals surface area contributed by atoms with Crippen molar-refractivity contribution < 1.29 is 0 Å². The molecule has 1 fully saturated rings. The van der Waals surface area contributed by atoms with Crippen molar-refractivity contribution in [3.63, 3.8) is 0 Å². The van der Waals surface area contributed by atoms with Gasteiger partial charge < -0.3 is 10.3 Å². The number of aryl methyl sites for hydroxylation is 1. The summed E-state index contributed by atoms with van der Waals surface area (Å²) in [5.74, 6) is 2.58. The highest BCUT2D eigenvalue weighted by atomic mass is 32.2. The normalized spacial score (nSPS) is 30.1. The number of hydrogen-bond donors (Lipinski definition) is 1. The largest absolute Gasteiger partial charge is 0.330 e. The number of imidazole rings is 1. The molecular formula is C12H19N3S. The molecule has 3 heterocycles. The van der Waals surface area contributed by atoms with Gasteiger partial charge in [-0.25, -0.2) is 4.98 Å². The molecule has 2 aliphatic rings. The van der Waals surface area contributed by atoms with E-state index in [4.69, 9.17) is 5.73 Å². The van der Waals surface area contributed by atoms with Crippen LogP contribution in [0.2, 0.25) is 0 Å². The van der Waals surface area contributed by atoms with Gasteiger partial charge in [0.05, 0.1) is 5.25 Å². The fourth-order valence-electron chi connectivity index (χ4n) is 2.70. The molecule has 0 aliphatic carbocycles. The van der Waals surface area contributed by atoms with Crippen molar-refractivity contribution in [1.82, 2.24) is 9.55 Å². The van der Waals surface area contributed by atoms with Gasteiger partial charge in [0.15, 0.2) is 0 Å². The number of hydrogen-bond acceptors (Lipinski definition) is 3. The SMILES string of the molecule is NC1CCc2cnc(C3CCCCS3)n2C1. The predicted octanol–water partition coefficient (Wildman–Crippen LogP) is 2.11. The molecule has 1 aromatic heterocycles. The van der Waals surface area contributed by atoms with Crippen LogP contribution < -0.4 is 5.73 Å². The Hall–Kier alpha value is -0.480. The van der Waals surface area contributed by atoms with Gasteiger partial charge in [0.1, 0.15) is 5.82 Å². The van der Waals surface area contributed by atoms with Gasteiger partial charge in [0, 0.05) is 24.5 Å². The van der Waals surface area contributed by atoms with Gasteiger partial charge in [0.2, 0.25) is 0 Å². The summed E-state index contributed by atoms with van der Waals surface area (Å²) in [6, 6.07) is 0.328. The smallest absolute Gasteiger partial charge is 0.122 e. The molecule has 16 heavy (non-hydrogen) atoms. The lowest BCUT2D eigenvalue weighted by molar-refractivity contribution is 0.444. The van der Waals surface area contributed by atoms with E-state index >= 15 is 0 Å². The monoisotopic (exact) mass is 237 g/mol. The molecule has 3 rings (SSSR count). The van der Waals surface area contributed by atoms with E-state index in [0.717, 1.165) is 19.4 Å². The van der Waals surface area contributed by atoms with Gasteiger partial charge >= 0.3 is 0 Å². The first-order valence-electron chi connectivity index (χ1n) is 6.26. The second-order valence-corrected chi connectivity index (χ2v) is 6.18. The van der Waals surface area contributed by atoms with E-state index in [-0.39, 0.29) is 0 Å². The molecule has 2 atom stereocenters. The zero-order chi connectivity index (χ0) is 11.0. The maximum absolute atomic E-state index is 6.05. The second kappa shape index (κ2) is 4.41. The molecule has 0 bridgehead atoms. The van der Waals surface area contributed by atoms with E-state index in [2.05, 4.69) is 27.5 Å². The lowest BCUT2D eigenvalue weighted by Gasteiger charge is -2.26. The highest BCUT2D eigenvalue weighted by Gasteiger charge is 2.25. The van der Waals surface area contributed by atoms with E-state index in [1.165, 1.54) is 36.5 Å². The van der Waals surface area contributed by atoms with Crippen LogP contribution in [-0.4, -0.2) is 21.3 Å². The number of aromatic nitrogens is 2. The van der Waals surface area contributed by atoms with Gasteiger partial charge in [0.25, 0.3) is 0 Å². The Bertz CT molecular complexity index is 368. The summed E-state index contributed by atoms with van der Waals surface area (Å²) in [5.41, 5.74) is 7.44. The van der Waals surface area contributed by atoms with Crippen LogP contribution in [0, 0.1) is 0 Å². The summed E-state index contributed by atoms with van der Waals surface area (Å²) >= 11 is 2.07. The van der Waals surface area contributed by atoms with Crippen molar-refractivity contribution in [2.45, 2.75) is 49.9 Å². The molecular weight excluding hydrogens is 218 g/mol. The maximum atomic E-state index is 6.05. The molecule has 3 nitrogen and oxygen atoms in total. The van der Waals surface area contributed by atoms with Crippen molar-refractivity contribution in [1.29, 1.82) is 0 Å². The van der Waals surface area contributed by atoms with Crippen LogP contribution in [0.4, 0.5) is 0 Å². The first-order chi connectivity index (χ1) is 7.84. The molecule has 0 aromatic carbocycles. The second-order valence-electron chi connectivity index (χ2n) is 4.87. The summed E-state index contributed by atoms with van der Waals surface area (Å²) in [6.07, 6.45) is 8.29. The third kappa shape index (κ3) is 1.89. The summed E-state index contributed by atoms with van der Waals surface area (Å²) in [4.78, 5) is 4.64. The van der Waals surface area contributed by atoms with Crippen LogP contribution in [-0.2, 0) is 13.0 Å². The molecule has 4 heteroatoms. The third-order valence-corrected chi connectivity index (χ3v) is 5.00. The highest BCUT2D eigenvalue weighted by Crippen LogP contribution is 2.38. The third-order valence-electron chi connectivity index (χ3n) is 3.63. The molecule has 1 aromatic rings. The van der Waals surface area contributed by atoms with Crippen LogP contribution in [0.1, 0.15) is 42.5 Å². The number of nitrogens with two attached hydrogens (primary N) is 1. The van der Waals surface area contributed by atoms with Crippen LogP contribution >= 0.6 is 11.8 Å². The van der Waals surface area contributed by atoms with Crippen molar-refractivity contribution in [2.75, 3.05) is 5.75 Å². The summed E-state index contributed by atoms with van der Waals surface area (Å²) in [7, 11) is 0. The number of nitrogens with zero attached hydrogens (tertiary/aromatic N) is 2. The number of fused-ring (bicyclic) bond motifs is 1. The molecule has 1 saturated heterocycles. The summed E-state index contributed by atoms with van der Waals surface area (Å²) < 4.78 is 2.39. The minimum atomic E-state index is 0.328. The molecule has 2 unspecified atom stereocenters. The van der Waals surface area contributed by atoms with Crippen molar-refractivity contribution in [3.05, 3.63) is 17.7 Å². The summed E-state index contributed by atoms with van der Waals surface area (Å²) in [5, 5.41) is 0.618. The van der Waals surface area contributed by atoms with Gasteiger partial charge in [-0.1, -0.05) is 6.42 Å². The highest BCUT2D eigenvalue weighted by molar-refractivity contribution is 7.99. The standard InChI is InChI=1S/C12H19N3S/c13-9-4-5-10-7-14-12(15(10)8-9)11-3-1-2-6-16-11/h7,9,11H,1-6,8,13H2. The quantitative estimate of drug-likeness (QED) is 0.813. The lowest BCUT2D eigenvalue weighted by Crippen LogP contribution is -2.32. The zero-order valence-corrected chi connectivity index (χ0v) is 10.4. The number of thioether (sulfide) groups is 1. The average molecular weight is 237 g/mol. The first kappa shape index (κ1) is 10.7. The zero-order valence-electron chi connectivity index (χ0n) is 9.56. The Morgan fingerprint density at radius 1 is 1.38 bits per heavy atom. The van der Waals surface area contributed by atoms with Gasteiger partial charge in [-0.2, -0.15) is 11.8 Å². The Kier molecular flexibility index (Phi) is 2.94. The van der Waals surface area contributed by atoms with E-state index in [1.54, 1.807) is 0 Å². The molecule has 0 amide bonds. The van der Waals surface area contributed by atoms with E-state index < -0.39 is 0 Å². The maximum Gasteiger partial charge on any atom is 0.122 e. The van der Waals surface area contributed by atoms with Crippen LogP contribution in [0.25, 0.3) is 0 Å². The molecule has 2 N–H and O–H groups in total. The van der Waals surface area contributed by atoms with E-state index in [1.807, 2.05) is 0 Å². The van der Waals surface area contributed by atoms with Crippen molar-refractivity contribution in [2.24, 2.45) is 5.73 Å². The van der Waals surface area contributed by atoms with Crippen LogP contribution in [0.15, 0.2) is 6.20 Å².